The number of nitrogens with zero attached hydrogens (tertiary/aromatic N) is 4. The van der Waals surface area contributed by atoms with Crippen molar-refractivity contribution in [2.24, 2.45) is 0 Å². The molecule has 5 rings (SSSR count). The van der Waals surface area contributed by atoms with Crippen LogP contribution in [0.25, 0.3) is 10.9 Å². The maximum atomic E-state index is 5.08. The molecule has 1 saturated carbocycles. The minimum Gasteiger partial charge on any atom is -0.377 e. The molecule has 0 atom stereocenters. The standard InChI is InChI=1S/C27H36N6/c1-19-17-24(32(2)3)25(20-7-4-5-8-20)26-23(19)18-29-27(31-26)30-21-9-11-22(12-10-21)33-15-6-13-28-14-16-33/h9-12,17-18,20,28H,4-8,13-16H2,1-3H3,(H,29,30,31). The molecule has 2 fully saturated rings. The Labute approximate surface area is 197 Å². The summed E-state index contributed by atoms with van der Waals surface area (Å²) >= 11 is 0. The average Bonchev–Trinajstić information content (AvgIpc) is 3.21. The Morgan fingerprint density at radius 2 is 1.82 bits per heavy atom. The molecular formula is C27H36N6. The topological polar surface area (TPSA) is 56.3 Å². The molecule has 1 aliphatic heterocycles. The summed E-state index contributed by atoms with van der Waals surface area (Å²) in [5, 5.41) is 8.09. The predicted octanol–water partition coefficient (Wildman–Crippen LogP) is 5.21. The zero-order valence-corrected chi connectivity index (χ0v) is 20.2. The first-order chi connectivity index (χ1) is 16.1. The zero-order valence-electron chi connectivity index (χ0n) is 20.2. The van der Waals surface area contributed by atoms with Crippen molar-refractivity contribution in [1.29, 1.82) is 0 Å². The van der Waals surface area contributed by atoms with Crippen molar-refractivity contribution < 1.29 is 0 Å². The number of hydrogen-bond acceptors (Lipinski definition) is 6. The van der Waals surface area contributed by atoms with Crippen molar-refractivity contribution in [1.82, 2.24) is 15.3 Å². The molecule has 0 amide bonds. The van der Waals surface area contributed by atoms with Gasteiger partial charge in [-0.15, -0.1) is 0 Å². The van der Waals surface area contributed by atoms with Gasteiger partial charge < -0.3 is 20.4 Å². The monoisotopic (exact) mass is 444 g/mol. The van der Waals surface area contributed by atoms with Crippen molar-refractivity contribution in [3.8, 4) is 0 Å². The third-order valence-electron chi connectivity index (χ3n) is 7.17. The van der Waals surface area contributed by atoms with Crippen LogP contribution in [-0.2, 0) is 0 Å². The van der Waals surface area contributed by atoms with Gasteiger partial charge in [-0.1, -0.05) is 12.8 Å². The summed E-state index contributed by atoms with van der Waals surface area (Å²) in [7, 11) is 4.28. The lowest BCUT2D eigenvalue weighted by Gasteiger charge is -2.24. The van der Waals surface area contributed by atoms with Crippen LogP contribution >= 0.6 is 0 Å². The van der Waals surface area contributed by atoms with Gasteiger partial charge in [-0.05, 0) is 74.5 Å². The highest BCUT2D eigenvalue weighted by Gasteiger charge is 2.25. The second-order valence-corrected chi connectivity index (χ2v) is 9.72. The van der Waals surface area contributed by atoms with E-state index in [2.05, 4.69) is 76.8 Å². The van der Waals surface area contributed by atoms with E-state index in [1.54, 1.807) is 0 Å². The molecule has 1 saturated heterocycles. The molecule has 0 unspecified atom stereocenters. The van der Waals surface area contributed by atoms with Gasteiger partial charge in [0.25, 0.3) is 0 Å². The van der Waals surface area contributed by atoms with E-state index in [0.717, 1.165) is 42.8 Å². The van der Waals surface area contributed by atoms with E-state index in [1.807, 2.05) is 6.20 Å². The average molecular weight is 445 g/mol. The van der Waals surface area contributed by atoms with Gasteiger partial charge in [0, 0.05) is 67.9 Å². The van der Waals surface area contributed by atoms with Crippen LogP contribution in [0.5, 0.6) is 0 Å². The van der Waals surface area contributed by atoms with Gasteiger partial charge >= 0.3 is 0 Å². The molecule has 174 valence electrons. The summed E-state index contributed by atoms with van der Waals surface area (Å²) in [5.41, 5.74) is 7.34. The number of anilines is 4. The van der Waals surface area contributed by atoms with E-state index in [9.17, 15) is 0 Å². The Hall–Kier alpha value is -2.86. The van der Waals surface area contributed by atoms with Crippen molar-refractivity contribution in [3.05, 3.63) is 47.7 Å². The lowest BCUT2D eigenvalue weighted by molar-refractivity contribution is 0.724. The van der Waals surface area contributed by atoms with Gasteiger partial charge in [-0.3, -0.25) is 0 Å². The highest BCUT2D eigenvalue weighted by Crippen LogP contribution is 2.43. The van der Waals surface area contributed by atoms with E-state index in [-0.39, 0.29) is 0 Å². The van der Waals surface area contributed by atoms with Crippen LogP contribution in [0.1, 0.15) is 49.1 Å². The number of aryl methyl sites for hydroxylation is 1. The number of benzene rings is 2. The van der Waals surface area contributed by atoms with E-state index >= 15 is 0 Å². The quantitative estimate of drug-likeness (QED) is 0.564. The number of aromatic nitrogens is 2. The molecule has 3 aromatic rings. The first kappa shape index (κ1) is 22.0. The van der Waals surface area contributed by atoms with Gasteiger partial charge in [0.2, 0.25) is 5.95 Å². The molecule has 2 aromatic carbocycles. The molecule has 1 aliphatic carbocycles. The van der Waals surface area contributed by atoms with E-state index in [4.69, 9.17) is 4.98 Å². The lowest BCUT2D eigenvalue weighted by Crippen LogP contribution is -2.27. The van der Waals surface area contributed by atoms with E-state index in [0.29, 0.717) is 11.9 Å². The van der Waals surface area contributed by atoms with Crippen LogP contribution in [0.4, 0.5) is 23.0 Å². The zero-order chi connectivity index (χ0) is 22.8. The van der Waals surface area contributed by atoms with E-state index in [1.165, 1.54) is 54.6 Å². The van der Waals surface area contributed by atoms with Gasteiger partial charge in [-0.2, -0.15) is 0 Å². The largest absolute Gasteiger partial charge is 0.377 e. The SMILES string of the molecule is Cc1cc(N(C)C)c(C2CCCC2)c2nc(Nc3ccc(N4CCCNCC4)cc3)ncc12. The molecule has 0 bridgehead atoms. The minimum atomic E-state index is 0.579. The maximum Gasteiger partial charge on any atom is 0.227 e. The minimum absolute atomic E-state index is 0.579. The second-order valence-electron chi connectivity index (χ2n) is 9.72. The Morgan fingerprint density at radius 1 is 1.03 bits per heavy atom. The molecular weight excluding hydrogens is 408 g/mol. The highest BCUT2D eigenvalue weighted by atomic mass is 15.2. The number of fused-ring (bicyclic) bond motifs is 1. The van der Waals surface area contributed by atoms with Crippen molar-refractivity contribution in [3.63, 3.8) is 0 Å². The number of hydrogen-bond donors (Lipinski definition) is 2. The van der Waals surface area contributed by atoms with Gasteiger partial charge in [0.1, 0.15) is 0 Å². The fraction of sp³-hybridized carbons (Fsp3) is 0.481. The van der Waals surface area contributed by atoms with Gasteiger partial charge in [0.05, 0.1) is 5.52 Å². The molecule has 2 heterocycles. The maximum absolute atomic E-state index is 5.08. The summed E-state index contributed by atoms with van der Waals surface area (Å²) in [5.74, 6) is 1.25. The Morgan fingerprint density at radius 3 is 2.58 bits per heavy atom. The smallest absolute Gasteiger partial charge is 0.227 e. The van der Waals surface area contributed by atoms with Crippen LogP contribution in [0, 0.1) is 6.92 Å². The Balaban J connectivity index is 1.45. The third kappa shape index (κ3) is 4.62. The third-order valence-corrected chi connectivity index (χ3v) is 7.17. The first-order valence-corrected chi connectivity index (χ1v) is 12.4. The number of rotatable bonds is 5. The Kier molecular flexibility index (Phi) is 6.36. The Bertz CT molecular complexity index is 1090. The molecule has 1 aromatic heterocycles. The summed E-state index contributed by atoms with van der Waals surface area (Å²) in [6.07, 6.45) is 8.29. The molecule has 0 radical (unpaired) electrons. The molecule has 33 heavy (non-hydrogen) atoms. The summed E-state index contributed by atoms with van der Waals surface area (Å²) < 4.78 is 0. The molecule has 0 spiro atoms. The normalized spacial score (nSPS) is 17.4. The fourth-order valence-corrected chi connectivity index (χ4v) is 5.39. The van der Waals surface area contributed by atoms with Gasteiger partial charge in [0.15, 0.2) is 0 Å². The summed E-state index contributed by atoms with van der Waals surface area (Å²) in [6, 6.07) is 11.0. The van der Waals surface area contributed by atoms with Crippen molar-refractivity contribution in [2.45, 2.75) is 44.9 Å². The molecule has 2 N–H and O–H groups in total. The van der Waals surface area contributed by atoms with Crippen LogP contribution in [0.3, 0.4) is 0 Å². The van der Waals surface area contributed by atoms with Crippen LogP contribution in [-0.4, -0.2) is 50.2 Å². The summed E-state index contributed by atoms with van der Waals surface area (Å²) in [4.78, 5) is 14.4. The van der Waals surface area contributed by atoms with Crippen LogP contribution in [0.2, 0.25) is 0 Å². The molecule has 6 nitrogen and oxygen atoms in total. The summed E-state index contributed by atoms with van der Waals surface area (Å²) in [6.45, 7) is 6.47. The van der Waals surface area contributed by atoms with Crippen LogP contribution < -0.4 is 20.4 Å². The van der Waals surface area contributed by atoms with Gasteiger partial charge in [-0.25, -0.2) is 9.97 Å². The highest BCUT2D eigenvalue weighted by molar-refractivity contribution is 5.91. The van der Waals surface area contributed by atoms with Crippen molar-refractivity contribution >= 4 is 33.9 Å². The van der Waals surface area contributed by atoms with E-state index < -0.39 is 0 Å². The second kappa shape index (κ2) is 9.56. The first-order valence-electron chi connectivity index (χ1n) is 12.4. The fourth-order valence-electron chi connectivity index (χ4n) is 5.39. The van der Waals surface area contributed by atoms with Crippen molar-refractivity contribution in [2.75, 3.05) is 55.4 Å². The molecule has 6 heteroatoms. The predicted molar refractivity (Wildman–Crippen MR) is 139 cm³/mol. The lowest BCUT2D eigenvalue weighted by atomic mass is 9.91. The molecule has 2 aliphatic rings. The van der Waals surface area contributed by atoms with Crippen LogP contribution in [0.15, 0.2) is 36.5 Å². The number of nitrogens with one attached hydrogen (secondary N) is 2.